The number of Topliss-reactive ketones (excluding diaryl/α,β-unsaturated/α-hetero) is 1. The highest BCUT2D eigenvalue weighted by molar-refractivity contribution is 6.46. The Labute approximate surface area is 192 Å². The molecule has 1 aromatic heterocycles. The van der Waals surface area contributed by atoms with Crippen molar-refractivity contribution in [2.75, 3.05) is 53.6 Å². The van der Waals surface area contributed by atoms with Crippen molar-refractivity contribution in [1.29, 1.82) is 0 Å². The molecular formula is C24H28N2O7. The Hall–Kier alpha value is -3.30. The minimum atomic E-state index is -0.808. The van der Waals surface area contributed by atoms with Gasteiger partial charge in [-0.1, -0.05) is 0 Å². The summed E-state index contributed by atoms with van der Waals surface area (Å²) < 4.78 is 21.5. The number of hydrogen-bond donors (Lipinski definition) is 1. The molecule has 176 valence electrons. The summed E-state index contributed by atoms with van der Waals surface area (Å²) in [6, 6.07) is 7.40. The Balaban J connectivity index is 1.65. The van der Waals surface area contributed by atoms with Crippen LogP contribution in [0, 0.1) is 0 Å². The van der Waals surface area contributed by atoms with E-state index < -0.39 is 17.7 Å². The summed E-state index contributed by atoms with van der Waals surface area (Å²) in [6.07, 6.45) is 2.17. The number of carbonyl (C=O) groups is 2. The largest absolute Gasteiger partial charge is 0.507 e. The number of ketones is 1. The summed E-state index contributed by atoms with van der Waals surface area (Å²) in [7, 11) is 2.99. The Morgan fingerprint density at radius 1 is 1.09 bits per heavy atom. The highest BCUT2D eigenvalue weighted by Crippen LogP contribution is 2.40. The fourth-order valence-electron chi connectivity index (χ4n) is 4.28. The summed E-state index contributed by atoms with van der Waals surface area (Å²) in [5, 5.41) is 11.1. The number of carbonyl (C=O) groups excluding carboxylic acids is 2. The molecule has 1 atom stereocenters. The zero-order chi connectivity index (χ0) is 23.4. The number of aliphatic hydroxyl groups excluding tert-OH is 1. The topological polar surface area (TPSA) is 102 Å². The van der Waals surface area contributed by atoms with E-state index in [2.05, 4.69) is 4.90 Å². The molecule has 2 aliphatic heterocycles. The molecule has 2 fully saturated rings. The molecular weight excluding hydrogens is 428 g/mol. The third-order valence-corrected chi connectivity index (χ3v) is 5.99. The van der Waals surface area contributed by atoms with Gasteiger partial charge in [-0.15, -0.1) is 0 Å². The summed E-state index contributed by atoms with van der Waals surface area (Å²) in [6.45, 7) is 4.23. The van der Waals surface area contributed by atoms with Gasteiger partial charge in [-0.05, 0) is 36.8 Å². The number of likely N-dealkylation sites (tertiary alicyclic amines) is 1. The molecule has 0 unspecified atom stereocenters. The number of morpholine rings is 1. The minimum absolute atomic E-state index is 0.00598. The third-order valence-electron chi connectivity index (χ3n) is 5.99. The Kier molecular flexibility index (Phi) is 7.00. The third kappa shape index (κ3) is 4.60. The fraction of sp³-hybridized carbons (Fsp3) is 0.417. The number of furan rings is 1. The fourth-order valence-corrected chi connectivity index (χ4v) is 4.28. The van der Waals surface area contributed by atoms with Crippen LogP contribution < -0.4 is 9.47 Å². The molecule has 0 spiro atoms. The lowest BCUT2D eigenvalue weighted by Gasteiger charge is -2.28. The van der Waals surface area contributed by atoms with E-state index in [1.165, 1.54) is 25.4 Å². The Bertz CT molecular complexity index is 1030. The molecule has 33 heavy (non-hydrogen) atoms. The summed E-state index contributed by atoms with van der Waals surface area (Å²) >= 11 is 0. The Morgan fingerprint density at radius 2 is 1.85 bits per heavy atom. The lowest BCUT2D eigenvalue weighted by molar-refractivity contribution is -0.140. The molecule has 2 aliphatic rings. The number of hydrogen-bond acceptors (Lipinski definition) is 8. The van der Waals surface area contributed by atoms with Gasteiger partial charge < -0.3 is 28.6 Å². The molecule has 0 aliphatic carbocycles. The maximum atomic E-state index is 13.0. The lowest BCUT2D eigenvalue weighted by Crippen LogP contribution is -2.38. The standard InChI is InChI=1S/C24H28N2O7/c1-30-17-7-6-16(15-19(17)31-2)22(27)20-21(18-5-3-12-33-18)26(24(29)23(20)28)9-4-8-25-10-13-32-14-11-25/h3,5-7,12,15,21,27H,4,8-11,13-14H2,1-2H3/b22-20+/t21-/m1/s1. The first kappa shape index (κ1) is 22.9. The van der Waals surface area contributed by atoms with E-state index in [9.17, 15) is 14.7 Å². The number of nitrogens with zero attached hydrogens (tertiary/aromatic N) is 2. The maximum Gasteiger partial charge on any atom is 0.295 e. The number of benzene rings is 1. The van der Waals surface area contributed by atoms with Crippen molar-refractivity contribution in [2.24, 2.45) is 0 Å². The van der Waals surface area contributed by atoms with Crippen LogP contribution in [-0.2, 0) is 14.3 Å². The van der Waals surface area contributed by atoms with Gasteiger partial charge in [-0.2, -0.15) is 0 Å². The second kappa shape index (κ2) is 10.1. The van der Waals surface area contributed by atoms with Gasteiger partial charge >= 0.3 is 0 Å². The summed E-state index contributed by atoms with van der Waals surface area (Å²) in [5.74, 6) is -0.375. The van der Waals surface area contributed by atoms with Crippen LogP contribution in [0.3, 0.4) is 0 Å². The maximum absolute atomic E-state index is 13.0. The molecule has 4 rings (SSSR count). The average molecular weight is 456 g/mol. The molecule has 0 radical (unpaired) electrons. The zero-order valence-corrected chi connectivity index (χ0v) is 18.8. The highest BCUT2D eigenvalue weighted by Gasteiger charge is 2.47. The molecule has 1 aromatic carbocycles. The van der Waals surface area contributed by atoms with E-state index in [4.69, 9.17) is 18.6 Å². The molecule has 9 heteroatoms. The van der Waals surface area contributed by atoms with Gasteiger partial charge in [-0.3, -0.25) is 14.5 Å². The van der Waals surface area contributed by atoms with Crippen LogP contribution in [-0.4, -0.2) is 80.2 Å². The van der Waals surface area contributed by atoms with Crippen LogP contribution in [0.15, 0.2) is 46.6 Å². The second-order valence-electron chi connectivity index (χ2n) is 7.89. The van der Waals surface area contributed by atoms with Gasteiger partial charge in [0.25, 0.3) is 11.7 Å². The van der Waals surface area contributed by atoms with Crippen LogP contribution in [0.4, 0.5) is 0 Å². The first-order valence-electron chi connectivity index (χ1n) is 10.9. The van der Waals surface area contributed by atoms with Crippen LogP contribution in [0.2, 0.25) is 0 Å². The van der Waals surface area contributed by atoms with Crippen molar-refractivity contribution < 1.29 is 33.3 Å². The number of methoxy groups -OCH3 is 2. The zero-order valence-electron chi connectivity index (χ0n) is 18.8. The van der Waals surface area contributed by atoms with Gasteiger partial charge in [0.15, 0.2) is 11.5 Å². The van der Waals surface area contributed by atoms with E-state index in [0.29, 0.717) is 49.0 Å². The molecule has 0 saturated carbocycles. The summed E-state index contributed by atoms with van der Waals surface area (Å²) in [4.78, 5) is 29.8. The predicted octanol–water partition coefficient (Wildman–Crippen LogP) is 2.44. The Morgan fingerprint density at radius 3 is 2.52 bits per heavy atom. The van der Waals surface area contributed by atoms with Gasteiger partial charge in [-0.25, -0.2) is 0 Å². The van der Waals surface area contributed by atoms with Gasteiger partial charge in [0, 0.05) is 31.7 Å². The van der Waals surface area contributed by atoms with Gasteiger partial charge in [0.05, 0.1) is 39.3 Å². The van der Waals surface area contributed by atoms with Crippen molar-refractivity contribution in [3.05, 3.63) is 53.5 Å². The average Bonchev–Trinajstić information content (AvgIpc) is 3.46. The van der Waals surface area contributed by atoms with Crippen molar-refractivity contribution in [3.8, 4) is 11.5 Å². The van der Waals surface area contributed by atoms with E-state index >= 15 is 0 Å². The highest BCUT2D eigenvalue weighted by atomic mass is 16.5. The van der Waals surface area contributed by atoms with Crippen molar-refractivity contribution in [1.82, 2.24) is 9.80 Å². The van der Waals surface area contributed by atoms with Crippen LogP contribution in [0.25, 0.3) is 5.76 Å². The molecule has 1 N–H and O–H groups in total. The first-order valence-corrected chi connectivity index (χ1v) is 10.9. The molecule has 2 aromatic rings. The van der Waals surface area contributed by atoms with Crippen LogP contribution >= 0.6 is 0 Å². The number of amides is 1. The summed E-state index contributed by atoms with van der Waals surface area (Å²) in [5.41, 5.74) is 0.337. The van der Waals surface area contributed by atoms with E-state index in [1.807, 2.05) is 0 Å². The van der Waals surface area contributed by atoms with E-state index in [-0.39, 0.29) is 11.3 Å². The van der Waals surface area contributed by atoms with E-state index in [0.717, 1.165) is 19.6 Å². The van der Waals surface area contributed by atoms with Gasteiger partial charge in [0.2, 0.25) is 0 Å². The minimum Gasteiger partial charge on any atom is -0.507 e. The van der Waals surface area contributed by atoms with E-state index in [1.54, 1.807) is 30.3 Å². The predicted molar refractivity (Wildman–Crippen MR) is 119 cm³/mol. The SMILES string of the molecule is COc1ccc(/C(O)=C2\C(=O)C(=O)N(CCCN3CCOCC3)[C@@H]2c2ccco2)cc1OC. The second-order valence-corrected chi connectivity index (χ2v) is 7.89. The number of ether oxygens (including phenoxy) is 3. The van der Waals surface area contributed by atoms with Crippen molar-refractivity contribution in [3.63, 3.8) is 0 Å². The van der Waals surface area contributed by atoms with Gasteiger partial charge in [0.1, 0.15) is 17.6 Å². The normalized spacial score (nSPS) is 20.9. The molecule has 1 amide bonds. The molecule has 2 saturated heterocycles. The monoisotopic (exact) mass is 456 g/mol. The van der Waals surface area contributed by atoms with Crippen LogP contribution in [0.1, 0.15) is 23.8 Å². The number of aliphatic hydroxyl groups is 1. The van der Waals surface area contributed by atoms with Crippen LogP contribution in [0.5, 0.6) is 11.5 Å². The smallest absolute Gasteiger partial charge is 0.295 e. The molecule has 3 heterocycles. The lowest BCUT2D eigenvalue weighted by atomic mass is 9.99. The quantitative estimate of drug-likeness (QED) is 0.367. The molecule has 9 nitrogen and oxygen atoms in total. The number of rotatable bonds is 8. The van der Waals surface area contributed by atoms with Crippen molar-refractivity contribution in [2.45, 2.75) is 12.5 Å². The first-order chi connectivity index (χ1) is 16.0. The van der Waals surface area contributed by atoms with Crippen molar-refractivity contribution >= 4 is 17.4 Å². The molecule has 0 bridgehead atoms.